The van der Waals surface area contributed by atoms with E-state index in [4.69, 9.17) is 9.47 Å². The number of aryl methyl sites for hydroxylation is 1. The maximum Gasteiger partial charge on any atom is 0.337 e. The van der Waals surface area contributed by atoms with Gasteiger partial charge >= 0.3 is 5.97 Å². The van der Waals surface area contributed by atoms with Gasteiger partial charge in [-0.15, -0.1) is 0 Å². The van der Waals surface area contributed by atoms with Gasteiger partial charge in [-0.25, -0.2) is 18.7 Å². The molecule has 1 aromatic carbocycles. The smallest absolute Gasteiger partial charge is 0.337 e. The summed E-state index contributed by atoms with van der Waals surface area (Å²) in [5.41, 5.74) is 2.55. The number of benzene rings is 1. The molecule has 0 unspecified atom stereocenters. The number of carboxylic acids is 1. The SMILES string of the molecule is Cc1nc2cc(C(=O)N3CCC(CCO)CC3)nn2c(-c2cc(F)c3c(c2C)CCCO3)c1[C@H](OC(C)(C)C)C(=O)O. The van der Waals surface area contributed by atoms with Crippen molar-refractivity contribution >= 4 is 17.5 Å². The highest BCUT2D eigenvalue weighted by atomic mass is 19.1. The number of likely N-dealkylation sites (tertiary alicyclic amines) is 1. The summed E-state index contributed by atoms with van der Waals surface area (Å²) in [6.45, 7) is 10.5. The number of rotatable bonds is 7. The first-order chi connectivity index (χ1) is 19.9. The number of fused-ring (bicyclic) bond motifs is 2. The van der Waals surface area contributed by atoms with Gasteiger partial charge < -0.3 is 24.6 Å². The lowest BCUT2D eigenvalue weighted by molar-refractivity contribution is -0.160. The van der Waals surface area contributed by atoms with Gasteiger partial charge in [0, 0.05) is 48.1 Å². The van der Waals surface area contributed by atoms with E-state index in [9.17, 15) is 19.8 Å². The number of halogens is 1. The second-order valence-corrected chi connectivity index (χ2v) is 12.2. The van der Waals surface area contributed by atoms with Gasteiger partial charge in [0.1, 0.15) is 0 Å². The van der Waals surface area contributed by atoms with Crippen LogP contribution < -0.4 is 4.74 Å². The van der Waals surface area contributed by atoms with E-state index in [2.05, 4.69) is 10.1 Å². The second-order valence-electron chi connectivity index (χ2n) is 12.2. The molecule has 226 valence electrons. The Bertz CT molecular complexity index is 1520. The molecule has 0 radical (unpaired) electrons. The summed E-state index contributed by atoms with van der Waals surface area (Å²) in [5, 5.41) is 24.3. The van der Waals surface area contributed by atoms with Gasteiger partial charge in [-0.3, -0.25) is 4.79 Å². The highest BCUT2D eigenvalue weighted by molar-refractivity contribution is 5.94. The van der Waals surface area contributed by atoms with Crippen LogP contribution in [0.25, 0.3) is 16.9 Å². The van der Waals surface area contributed by atoms with Crippen molar-refractivity contribution in [1.29, 1.82) is 0 Å². The van der Waals surface area contributed by atoms with Crippen LogP contribution in [0.15, 0.2) is 12.1 Å². The molecule has 3 aromatic rings. The Morgan fingerprint density at radius 3 is 2.57 bits per heavy atom. The number of aliphatic hydroxyl groups excluding tert-OH is 1. The molecule has 0 aliphatic carbocycles. The molecule has 42 heavy (non-hydrogen) atoms. The van der Waals surface area contributed by atoms with Crippen LogP contribution in [0.1, 0.15) is 85.4 Å². The second kappa shape index (κ2) is 11.6. The van der Waals surface area contributed by atoms with Crippen LogP contribution in [-0.4, -0.2) is 73.5 Å². The number of ether oxygens (including phenoxy) is 2. The third kappa shape index (κ3) is 5.72. The molecule has 1 atom stereocenters. The lowest BCUT2D eigenvalue weighted by Crippen LogP contribution is -2.38. The lowest BCUT2D eigenvalue weighted by atomic mass is 9.91. The number of carbonyl (C=O) groups is 2. The number of aromatic nitrogens is 3. The minimum atomic E-state index is -1.43. The van der Waals surface area contributed by atoms with Gasteiger partial charge in [0.2, 0.25) is 0 Å². The molecule has 2 aromatic heterocycles. The van der Waals surface area contributed by atoms with E-state index in [1.165, 1.54) is 10.6 Å². The van der Waals surface area contributed by atoms with Crippen molar-refractivity contribution in [3.8, 4) is 17.0 Å². The Morgan fingerprint density at radius 2 is 1.93 bits per heavy atom. The van der Waals surface area contributed by atoms with E-state index in [1.807, 2.05) is 6.92 Å². The zero-order chi connectivity index (χ0) is 30.3. The van der Waals surface area contributed by atoms with Crippen LogP contribution in [0.4, 0.5) is 4.39 Å². The number of aliphatic carboxylic acids is 1. The summed E-state index contributed by atoms with van der Waals surface area (Å²) in [6, 6.07) is 2.94. The van der Waals surface area contributed by atoms with E-state index in [-0.39, 0.29) is 29.5 Å². The van der Waals surface area contributed by atoms with E-state index in [0.717, 1.165) is 36.8 Å². The molecule has 1 fully saturated rings. The average Bonchev–Trinajstić information content (AvgIpc) is 3.36. The fraction of sp³-hybridized carbons (Fsp3) is 0.548. The number of hydrogen-bond acceptors (Lipinski definition) is 7. The van der Waals surface area contributed by atoms with Crippen molar-refractivity contribution in [1.82, 2.24) is 19.5 Å². The van der Waals surface area contributed by atoms with Gasteiger partial charge in [0.05, 0.1) is 17.9 Å². The zero-order valence-electron chi connectivity index (χ0n) is 24.9. The average molecular weight is 583 g/mol. The van der Waals surface area contributed by atoms with E-state index >= 15 is 4.39 Å². The van der Waals surface area contributed by atoms with Crippen LogP contribution in [-0.2, 0) is 16.0 Å². The van der Waals surface area contributed by atoms with Crippen LogP contribution in [0, 0.1) is 25.6 Å². The summed E-state index contributed by atoms with van der Waals surface area (Å²) in [7, 11) is 0. The number of piperidine rings is 1. The summed E-state index contributed by atoms with van der Waals surface area (Å²) in [5.74, 6) is -1.43. The molecule has 2 N–H and O–H groups in total. The third-order valence-corrected chi connectivity index (χ3v) is 8.14. The van der Waals surface area contributed by atoms with E-state index in [0.29, 0.717) is 54.6 Å². The fourth-order valence-corrected chi connectivity index (χ4v) is 6.07. The molecule has 2 aliphatic heterocycles. The Morgan fingerprint density at radius 1 is 1.21 bits per heavy atom. The summed E-state index contributed by atoms with van der Waals surface area (Å²) < 4.78 is 28.7. The number of carboxylic acid groups (broad SMARTS) is 1. The molecule has 11 heteroatoms. The summed E-state index contributed by atoms with van der Waals surface area (Å²) in [4.78, 5) is 32.6. The molecule has 1 saturated heterocycles. The van der Waals surface area contributed by atoms with Crippen molar-refractivity contribution in [3.63, 3.8) is 0 Å². The molecule has 10 nitrogen and oxygen atoms in total. The van der Waals surface area contributed by atoms with Gasteiger partial charge in [-0.1, -0.05) is 0 Å². The maximum atomic E-state index is 15.5. The van der Waals surface area contributed by atoms with Crippen LogP contribution in [0.5, 0.6) is 5.75 Å². The highest BCUT2D eigenvalue weighted by Crippen LogP contribution is 2.41. The molecule has 0 spiro atoms. The Balaban J connectivity index is 1.70. The van der Waals surface area contributed by atoms with Crippen molar-refractivity contribution in [3.05, 3.63) is 46.0 Å². The molecule has 5 rings (SSSR count). The first-order valence-corrected chi connectivity index (χ1v) is 14.6. The molecular formula is C31H39FN4O6. The Kier molecular flexibility index (Phi) is 8.26. The van der Waals surface area contributed by atoms with Crippen LogP contribution >= 0.6 is 0 Å². The minimum Gasteiger partial charge on any atom is -0.490 e. The summed E-state index contributed by atoms with van der Waals surface area (Å²) in [6.07, 6.45) is 2.23. The van der Waals surface area contributed by atoms with Crippen molar-refractivity contribution < 1.29 is 33.7 Å². The first-order valence-electron chi connectivity index (χ1n) is 14.6. The molecule has 0 saturated carbocycles. The molecule has 2 aliphatic rings. The van der Waals surface area contributed by atoms with Gasteiger partial charge in [-0.2, -0.15) is 5.10 Å². The summed E-state index contributed by atoms with van der Waals surface area (Å²) >= 11 is 0. The standard InChI is InChI=1S/C31H39FN4O6/c1-17-20-7-6-14-41-27(20)22(32)15-21(17)26-25(28(30(39)40)42-31(3,4)5)18(2)33-24-16-23(34-36(24)26)29(38)35-11-8-19(9-12-35)10-13-37/h15-16,19,28,37H,6-14H2,1-5H3,(H,39,40)/t28-/m0/s1. The molecule has 4 heterocycles. The predicted molar refractivity (Wildman–Crippen MR) is 153 cm³/mol. The van der Waals surface area contributed by atoms with Crippen molar-refractivity contribution in [2.75, 3.05) is 26.3 Å². The largest absolute Gasteiger partial charge is 0.490 e. The number of hydrogen-bond donors (Lipinski definition) is 2. The quantitative estimate of drug-likeness (QED) is 0.412. The first kappa shape index (κ1) is 29.9. The van der Waals surface area contributed by atoms with Crippen molar-refractivity contribution in [2.24, 2.45) is 5.92 Å². The fourth-order valence-electron chi connectivity index (χ4n) is 6.07. The third-order valence-electron chi connectivity index (χ3n) is 8.14. The number of amides is 1. The number of aliphatic hydroxyl groups is 1. The van der Waals surface area contributed by atoms with Crippen LogP contribution in [0.3, 0.4) is 0 Å². The Hall–Kier alpha value is -3.57. The normalized spacial score (nSPS) is 16.8. The predicted octanol–water partition coefficient (Wildman–Crippen LogP) is 4.65. The Labute approximate surface area is 244 Å². The molecule has 1 amide bonds. The van der Waals surface area contributed by atoms with E-state index in [1.54, 1.807) is 38.7 Å². The minimum absolute atomic E-state index is 0.131. The van der Waals surface area contributed by atoms with Gasteiger partial charge in [-0.05, 0) is 84.3 Å². The van der Waals surface area contributed by atoms with E-state index < -0.39 is 23.5 Å². The van der Waals surface area contributed by atoms with Crippen molar-refractivity contribution in [2.45, 2.75) is 78.4 Å². The number of carbonyl (C=O) groups excluding carboxylic acids is 1. The molecule has 0 bridgehead atoms. The van der Waals surface area contributed by atoms with Crippen LogP contribution in [0.2, 0.25) is 0 Å². The van der Waals surface area contributed by atoms with Gasteiger partial charge in [0.15, 0.2) is 29.0 Å². The van der Waals surface area contributed by atoms with Gasteiger partial charge in [0.25, 0.3) is 5.91 Å². The molecular weight excluding hydrogens is 543 g/mol. The topological polar surface area (TPSA) is 126 Å². The maximum absolute atomic E-state index is 15.5. The lowest BCUT2D eigenvalue weighted by Gasteiger charge is -2.31. The monoisotopic (exact) mass is 582 g/mol. The highest BCUT2D eigenvalue weighted by Gasteiger charge is 2.35. The zero-order valence-corrected chi connectivity index (χ0v) is 24.9. The number of nitrogens with zero attached hydrogens (tertiary/aromatic N) is 4.